The lowest BCUT2D eigenvalue weighted by atomic mass is 9.84. The number of aliphatic hydroxyl groups is 1. The van der Waals surface area contributed by atoms with Gasteiger partial charge in [0.05, 0.1) is 6.10 Å². The van der Waals surface area contributed by atoms with E-state index in [1.165, 1.54) is 0 Å². The second kappa shape index (κ2) is 9.09. The van der Waals surface area contributed by atoms with Crippen molar-refractivity contribution >= 4 is 16.6 Å². The highest BCUT2D eigenvalue weighted by Gasteiger charge is 2.20. The number of ketones is 1. The fourth-order valence-electron chi connectivity index (χ4n) is 3.92. The van der Waals surface area contributed by atoms with E-state index in [9.17, 15) is 9.90 Å². The molecule has 3 heteroatoms. The van der Waals surface area contributed by atoms with Crippen LogP contribution in [-0.4, -0.2) is 22.0 Å². The molecule has 0 unspecified atom stereocenters. The molecule has 26 heavy (non-hydrogen) atoms. The number of allylic oxidation sites excluding steroid dienone is 1. The average Bonchev–Trinajstić information content (AvgIpc) is 2.66. The molecule has 1 fully saturated rings. The molecule has 0 spiro atoms. The SMILES string of the molecule is C=CCCCCC(=O)c1cccc2cnc(CC3CCC(O)CC3)cc12. The number of Topliss-reactive ketones (excluding diaryl/α,β-unsaturated/α-hetero) is 1. The molecule has 138 valence electrons. The third kappa shape index (κ3) is 4.79. The summed E-state index contributed by atoms with van der Waals surface area (Å²) < 4.78 is 0. The molecule has 0 amide bonds. The van der Waals surface area contributed by atoms with Gasteiger partial charge in [0.2, 0.25) is 0 Å². The summed E-state index contributed by atoms with van der Waals surface area (Å²) in [7, 11) is 0. The number of aliphatic hydroxyl groups excluding tert-OH is 1. The van der Waals surface area contributed by atoms with E-state index in [0.29, 0.717) is 12.3 Å². The van der Waals surface area contributed by atoms with Gasteiger partial charge in [-0.1, -0.05) is 24.3 Å². The van der Waals surface area contributed by atoms with Gasteiger partial charge in [-0.25, -0.2) is 0 Å². The first-order valence-electron chi connectivity index (χ1n) is 9.87. The fourth-order valence-corrected chi connectivity index (χ4v) is 3.92. The Morgan fingerprint density at radius 3 is 2.81 bits per heavy atom. The smallest absolute Gasteiger partial charge is 0.163 e. The molecule has 0 bridgehead atoms. The van der Waals surface area contributed by atoms with Gasteiger partial charge in [0.15, 0.2) is 5.78 Å². The maximum Gasteiger partial charge on any atom is 0.163 e. The minimum absolute atomic E-state index is 0.124. The second-order valence-electron chi connectivity index (χ2n) is 7.54. The maximum atomic E-state index is 12.7. The third-order valence-electron chi connectivity index (χ3n) is 5.50. The molecule has 0 atom stereocenters. The quantitative estimate of drug-likeness (QED) is 0.401. The van der Waals surface area contributed by atoms with Crippen LogP contribution in [0.4, 0.5) is 0 Å². The van der Waals surface area contributed by atoms with Crippen LogP contribution >= 0.6 is 0 Å². The van der Waals surface area contributed by atoms with Crippen LogP contribution in [0, 0.1) is 5.92 Å². The molecule has 0 saturated heterocycles. The fraction of sp³-hybridized carbons (Fsp3) is 0.478. The molecular weight excluding hydrogens is 322 g/mol. The number of benzene rings is 1. The topological polar surface area (TPSA) is 50.2 Å². The van der Waals surface area contributed by atoms with Gasteiger partial charge in [-0.15, -0.1) is 6.58 Å². The highest BCUT2D eigenvalue weighted by atomic mass is 16.3. The van der Waals surface area contributed by atoms with Crippen molar-refractivity contribution in [3.05, 3.63) is 54.4 Å². The number of carbonyl (C=O) groups excluding carboxylic acids is 1. The van der Waals surface area contributed by atoms with Gasteiger partial charge in [0.25, 0.3) is 0 Å². The predicted octanol–water partition coefficient (Wildman–Crippen LogP) is 5.26. The van der Waals surface area contributed by atoms with E-state index in [-0.39, 0.29) is 11.9 Å². The Labute approximate surface area is 156 Å². The van der Waals surface area contributed by atoms with Crippen molar-refractivity contribution in [1.82, 2.24) is 4.98 Å². The Bertz CT molecular complexity index is 760. The summed E-state index contributed by atoms with van der Waals surface area (Å²) in [6, 6.07) is 8.02. The average molecular weight is 351 g/mol. The third-order valence-corrected chi connectivity index (χ3v) is 5.50. The number of unbranched alkanes of at least 4 members (excludes halogenated alkanes) is 2. The monoisotopic (exact) mass is 351 g/mol. The Kier molecular flexibility index (Phi) is 6.56. The van der Waals surface area contributed by atoms with Crippen LogP contribution in [-0.2, 0) is 6.42 Å². The molecular formula is C23H29NO2. The number of carbonyl (C=O) groups is 1. The number of hydrogen-bond donors (Lipinski definition) is 1. The second-order valence-corrected chi connectivity index (χ2v) is 7.54. The first-order valence-corrected chi connectivity index (χ1v) is 9.87. The Morgan fingerprint density at radius 2 is 2.04 bits per heavy atom. The molecule has 3 nitrogen and oxygen atoms in total. The Morgan fingerprint density at radius 1 is 1.23 bits per heavy atom. The van der Waals surface area contributed by atoms with E-state index in [1.807, 2.05) is 30.5 Å². The van der Waals surface area contributed by atoms with E-state index in [0.717, 1.165) is 73.4 Å². The number of pyridine rings is 1. The standard InChI is InChI=1S/C23H29NO2/c1-2-3-4-5-9-23(26)21-8-6-7-18-16-24-19(15-22(18)21)14-17-10-12-20(25)13-11-17/h2,6-8,15-17,20,25H,1,3-5,9-14H2. The zero-order valence-electron chi connectivity index (χ0n) is 15.5. The van der Waals surface area contributed by atoms with Crippen molar-refractivity contribution in [2.75, 3.05) is 0 Å². The summed E-state index contributed by atoms with van der Waals surface area (Å²) in [6.45, 7) is 3.73. The molecule has 0 aliphatic heterocycles. The van der Waals surface area contributed by atoms with Crippen LogP contribution in [0.5, 0.6) is 0 Å². The van der Waals surface area contributed by atoms with Crippen molar-refractivity contribution in [1.29, 1.82) is 0 Å². The molecule has 1 aliphatic rings. The zero-order chi connectivity index (χ0) is 18.4. The largest absolute Gasteiger partial charge is 0.393 e. The lowest BCUT2D eigenvalue weighted by molar-refractivity contribution is 0.0981. The minimum Gasteiger partial charge on any atom is -0.393 e. The van der Waals surface area contributed by atoms with Gasteiger partial charge in [-0.2, -0.15) is 0 Å². The van der Waals surface area contributed by atoms with E-state index in [2.05, 4.69) is 17.6 Å². The summed E-state index contributed by atoms with van der Waals surface area (Å²) in [6.07, 6.45) is 12.0. The van der Waals surface area contributed by atoms with Crippen LogP contribution in [0.3, 0.4) is 0 Å². The van der Waals surface area contributed by atoms with Crippen molar-refractivity contribution in [2.24, 2.45) is 5.92 Å². The van der Waals surface area contributed by atoms with E-state index >= 15 is 0 Å². The van der Waals surface area contributed by atoms with Crippen LogP contribution in [0.15, 0.2) is 43.1 Å². The van der Waals surface area contributed by atoms with Crippen LogP contribution in [0.25, 0.3) is 10.8 Å². The molecule has 1 aromatic carbocycles. The van der Waals surface area contributed by atoms with Gasteiger partial charge in [-0.3, -0.25) is 9.78 Å². The predicted molar refractivity (Wildman–Crippen MR) is 106 cm³/mol. The Hall–Kier alpha value is -2.00. The lowest BCUT2D eigenvalue weighted by Crippen LogP contribution is -2.19. The van der Waals surface area contributed by atoms with Gasteiger partial charge in [0, 0.05) is 29.3 Å². The summed E-state index contributed by atoms with van der Waals surface area (Å²) >= 11 is 0. The van der Waals surface area contributed by atoms with E-state index < -0.39 is 0 Å². The van der Waals surface area contributed by atoms with Gasteiger partial charge in [-0.05, 0) is 68.7 Å². The normalized spacial score (nSPS) is 20.2. The molecule has 0 radical (unpaired) electrons. The van der Waals surface area contributed by atoms with Crippen LogP contribution < -0.4 is 0 Å². The Balaban J connectivity index is 1.74. The van der Waals surface area contributed by atoms with E-state index in [4.69, 9.17) is 0 Å². The molecule has 3 rings (SSSR count). The highest BCUT2D eigenvalue weighted by molar-refractivity contribution is 6.08. The summed E-state index contributed by atoms with van der Waals surface area (Å²) in [5.41, 5.74) is 1.88. The van der Waals surface area contributed by atoms with Crippen LogP contribution in [0.1, 0.15) is 67.4 Å². The van der Waals surface area contributed by atoms with Crippen molar-refractivity contribution in [3.63, 3.8) is 0 Å². The van der Waals surface area contributed by atoms with E-state index in [1.54, 1.807) is 0 Å². The summed E-state index contributed by atoms with van der Waals surface area (Å²) in [5, 5.41) is 11.7. The van der Waals surface area contributed by atoms with Crippen molar-refractivity contribution < 1.29 is 9.90 Å². The van der Waals surface area contributed by atoms with Gasteiger partial charge >= 0.3 is 0 Å². The van der Waals surface area contributed by atoms with Gasteiger partial charge < -0.3 is 5.11 Å². The first-order chi connectivity index (χ1) is 12.7. The first kappa shape index (κ1) is 18.8. The lowest BCUT2D eigenvalue weighted by Gasteiger charge is -2.25. The van der Waals surface area contributed by atoms with Crippen molar-refractivity contribution in [2.45, 2.75) is 63.9 Å². The van der Waals surface area contributed by atoms with Crippen molar-refractivity contribution in [3.8, 4) is 0 Å². The minimum atomic E-state index is -0.124. The zero-order valence-corrected chi connectivity index (χ0v) is 15.5. The number of aromatic nitrogens is 1. The molecule has 1 aliphatic carbocycles. The summed E-state index contributed by atoms with van der Waals surface area (Å²) in [4.78, 5) is 17.3. The summed E-state index contributed by atoms with van der Waals surface area (Å²) in [5.74, 6) is 0.808. The molecule has 1 heterocycles. The molecule has 1 N–H and O–H groups in total. The van der Waals surface area contributed by atoms with Gasteiger partial charge in [0.1, 0.15) is 0 Å². The number of fused-ring (bicyclic) bond motifs is 1. The molecule has 1 saturated carbocycles. The highest BCUT2D eigenvalue weighted by Crippen LogP contribution is 2.28. The maximum absolute atomic E-state index is 12.7. The number of nitrogens with zero attached hydrogens (tertiary/aromatic N) is 1. The molecule has 1 aromatic heterocycles. The van der Waals surface area contributed by atoms with Crippen LogP contribution in [0.2, 0.25) is 0 Å². The number of rotatable bonds is 8. The molecule has 2 aromatic rings. The number of hydrogen-bond acceptors (Lipinski definition) is 3.